The molecule has 17 heavy (non-hydrogen) atoms. The lowest BCUT2D eigenvalue weighted by Gasteiger charge is -2.22. The van der Waals surface area contributed by atoms with Crippen molar-refractivity contribution in [1.29, 1.82) is 0 Å². The summed E-state index contributed by atoms with van der Waals surface area (Å²) in [7, 11) is 0. The number of hydrogen-bond donors (Lipinski definition) is 1. The highest BCUT2D eigenvalue weighted by Gasteiger charge is 2.17. The highest BCUT2D eigenvalue weighted by Crippen LogP contribution is 2.24. The summed E-state index contributed by atoms with van der Waals surface area (Å²) in [4.78, 5) is 13.8. The molecule has 0 saturated heterocycles. The summed E-state index contributed by atoms with van der Waals surface area (Å²) in [5.41, 5.74) is 7.13. The molecule has 0 amide bonds. The minimum Gasteiger partial charge on any atom is -0.327 e. The number of fused-ring (bicyclic) bond motifs is 1. The van der Waals surface area contributed by atoms with E-state index in [1.807, 2.05) is 0 Å². The second kappa shape index (κ2) is 4.66. The van der Waals surface area contributed by atoms with Crippen molar-refractivity contribution >= 4 is 21.8 Å². The first-order valence-electron chi connectivity index (χ1n) is 5.76. The molecule has 0 aromatic carbocycles. The third-order valence-electron chi connectivity index (χ3n) is 2.40. The first-order chi connectivity index (χ1) is 7.94. The van der Waals surface area contributed by atoms with E-state index >= 15 is 0 Å². The zero-order valence-corrected chi connectivity index (χ0v) is 11.3. The van der Waals surface area contributed by atoms with Crippen molar-refractivity contribution in [2.24, 2.45) is 11.1 Å². The average molecular weight is 250 g/mol. The van der Waals surface area contributed by atoms with E-state index in [4.69, 9.17) is 5.73 Å². The van der Waals surface area contributed by atoms with E-state index in [-0.39, 0.29) is 11.5 Å². The van der Waals surface area contributed by atoms with Gasteiger partial charge in [0.15, 0.2) is 10.5 Å². The molecule has 0 aliphatic carbocycles. The fourth-order valence-corrected chi connectivity index (χ4v) is 2.85. The molecule has 1 unspecified atom stereocenters. The SMILES string of the molecule is CC(C)(C)CC(N)Cc1nc2nccnc2s1. The Balaban J connectivity index is 2.08. The minimum absolute atomic E-state index is 0.149. The zero-order valence-electron chi connectivity index (χ0n) is 10.5. The quantitative estimate of drug-likeness (QED) is 0.908. The molecule has 0 aliphatic rings. The van der Waals surface area contributed by atoms with Crippen LogP contribution in [0.3, 0.4) is 0 Å². The molecule has 2 N–H and O–H groups in total. The van der Waals surface area contributed by atoms with Gasteiger partial charge in [-0.3, -0.25) is 0 Å². The van der Waals surface area contributed by atoms with Gasteiger partial charge >= 0.3 is 0 Å². The number of aromatic nitrogens is 3. The molecule has 0 radical (unpaired) electrons. The largest absolute Gasteiger partial charge is 0.327 e. The molecular formula is C12H18N4S. The predicted octanol–water partition coefficient (Wildman–Crippen LogP) is 2.39. The molecule has 2 aromatic heterocycles. The van der Waals surface area contributed by atoms with Crippen molar-refractivity contribution in [3.05, 3.63) is 17.4 Å². The zero-order chi connectivity index (χ0) is 12.5. The molecule has 1 atom stereocenters. The molecule has 0 fully saturated rings. The van der Waals surface area contributed by atoms with E-state index in [0.29, 0.717) is 0 Å². The topological polar surface area (TPSA) is 64.7 Å². The van der Waals surface area contributed by atoms with Gasteiger partial charge < -0.3 is 5.73 Å². The molecule has 0 aliphatic heterocycles. The Morgan fingerprint density at radius 3 is 2.65 bits per heavy atom. The van der Waals surface area contributed by atoms with Crippen molar-refractivity contribution < 1.29 is 0 Å². The highest BCUT2D eigenvalue weighted by molar-refractivity contribution is 7.18. The van der Waals surface area contributed by atoms with Crippen molar-refractivity contribution in [3.8, 4) is 0 Å². The molecule has 0 saturated carbocycles. The number of rotatable bonds is 3. The number of nitrogens with zero attached hydrogens (tertiary/aromatic N) is 3. The van der Waals surface area contributed by atoms with Gasteiger partial charge in [-0.2, -0.15) is 0 Å². The van der Waals surface area contributed by atoms with Crippen LogP contribution in [0.2, 0.25) is 0 Å². The Hall–Kier alpha value is -1.07. The first kappa shape index (κ1) is 12.4. The Kier molecular flexibility index (Phi) is 3.40. The maximum absolute atomic E-state index is 6.14. The van der Waals surface area contributed by atoms with E-state index in [1.165, 1.54) is 0 Å². The van der Waals surface area contributed by atoms with Crippen LogP contribution in [0.4, 0.5) is 0 Å². The molecule has 2 aromatic rings. The molecule has 2 heterocycles. The fourth-order valence-electron chi connectivity index (χ4n) is 1.89. The van der Waals surface area contributed by atoms with Crippen LogP contribution in [0, 0.1) is 5.41 Å². The van der Waals surface area contributed by atoms with Gasteiger partial charge in [0.2, 0.25) is 0 Å². The third kappa shape index (κ3) is 3.44. The smallest absolute Gasteiger partial charge is 0.189 e. The average Bonchev–Trinajstić information content (AvgIpc) is 2.55. The van der Waals surface area contributed by atoms with Crippen LogP contribution in [-0.2, 0) is 6.42 Å². The van der Waals surface area contributed by atoms with E-state index in [2.05, 4.69) is 35.7 Å². The van der Waals surface area contributed by atoms with Crippen molar-refractivity contribution in [1.82, 2.24) is 15.0 Å². The second-order valence-electron chi connectivity index (χ2n) is 5.52. The van der Waals surface area contributed by atoms with Gasteiger partial charge in [0.1, 0.15) is 0 Å². The summed E-state index contributed by atoms with van der Waals surface area (Å²) in [5.74, 6) is 0. The standard InChI is InChI=1S/C12H18N4S/c1-12(2,3)7-8(13)6-9-16-10-11(17-9)15-5-4-14-10/h4-5,8H,6-7,13H2,1-3H3. The Bertz CT molecular complexity index is 467. The van der Waals surface area contributed by atoms with Gasteiger partial charge in [-0.15, -0.1) is 0 Å². The second-order valence-corrected chi connectivity index (χ2v) is 6.58. The summed E-state index contributed by atoms with van der Waals surface area (Å²) in [6.45, 7) is 6.61. The molecular weight excluding hydrogens is 232 g/mol. The van der Waals surface area contributed by atoms with E-state index in [0.717, 1.165) is 28.3 Å². The molecule has 92 valence electrons. The van der Waals surface area contributed by atoms with Crippen LogP contribution < -0.4 is 5.73 Å². The number of thiazole rings is 1. The summed E-state index contributed by atoms with van der Waals surface area (Å²) < 4.78 is 0. The normalized spacial score (nSPS) is 14.1. The lowest BCUT2D eigenvalue weighted by Crippen LogP contribution is -2.28. The van der Waals surface area contributed by atoms with Gasteiger partial charge in [-0.1, -0.05) is 32.1 Å². The van der Waals surface area contributed by atoms with Crippen LogP contribution in [0.15, 0.2) is 12.4 Å². The van der Waals surface area contributed by atoms with Gasteiger partial charge in [-0.05, 0) is 11.8 Å². The number of nitrogens with two attached hydrogens (primary N) is 1. The lowest BCUT2D eigenvalue weighted by molar-refractivity contribution is 0.338. The Morgan fingerprint density at radius 2 is 2.00 bits per heavy atom. The van der Waals surface area contributed by atoms with E-state index in [9.17, 15) is 0 Å². The molecule has 4 nitrogen and oxygen atoms in total. The number of hydrogen-bond acceptors (Lipinski definition) is 5. The molecule has 5 heteroatoms. The van der Waals surface area contributed by atoms with Crippen LogP contribution in [0.5, 0.6) is 0 Å². The van der Waals surface area contributed by atoms with Gasteiger partial charge in [0, 0.05) is 24.9 Å². The van der Waals surface area contributed by atoms with Crippen molar-refractivity contribution in [2.45, 2.75) is 39.7 Å². The van der Waals surface area contributed by atoms with Crippen LogP contribution in [-0.4, -0.2) is 21.0 Å². The Labute approximate surface area is 105 Å². The lowest BCUT2D eigenvalue weighted by atomic mass is 9.87. The molecule has 0 bridgehead atoms. The Morgan fingerprint density at radius 1 is 1.29 bits per heavy atom. The van der Waals surface area contributed by atoms with Crippen molar-refractivity contribution in [3.63, 3.8) is 0 Å². The van der Waals surface area contributed by atoms with E-state index < -0.39 is 0 Å². The summed E-state index contributed by atoms with van der Waals surface area (Å²) >= 11 is 1.59. The van der Waals surface area contributed by atoms with Gasteiger partial charge in [0.25, 0.3) is 0 Å². The van der Waals surface area contributed by atoms with Crippen LogP contribution >= 0.6 is 11.3 Å². The monoisotopic (exact) mass is 250 g/mol. The third-order valence-corrected chi connectivity index (χ3v) is 3.38. The minimum atomic E-state index is 0.149. The highest BCUT2D eigenvalue weighted by atomic mass is 32.1. The fraction of sp³-hybridized carbons (Fsp3) is 0.583. The predicted molar refractivity (Wildman–Crippen MR) is 71.0 cm³/mol. The summed E-state index contributed by atoms with van der Waals surface area (Å²) in [5, 5.41) is 1.03. The summed E-state index contributed by atoms with van der Waals surface area (Å²) in [6.07, 6.45) is 5.16. The van der Waals surface area contributed by atoms with Crippen LogP contribution in [0.1, 0.15) is 32.2 Å². The van der Waals surface area contributed by atoms with E-state index in [1.54, 1.807) is 23.7 Å². The molecule has 2 rings (SSSR count). The first-order valence-corrected chi connectivity index (χ1v) is 6.58. The van der Waals surface area contributed by atoms with Crippen molar-refractivity contribution in [2.75, 3.05) is 0 Å². The van der Waals surface area contributed by atoms with Crippen LogP contribution in [0.25, 0.3) is 10.5 Å². The van der Waals surface area contributed by atoms with Gasteiger partial charge in [0.05, 0.1) is 5.01 Å². The maximum Gasteiger partial charge on any atom is 0.189 e. The maximum atomic E-state index is 6.14. The summed E-state index contributed by atoms with van der Waals surface area (Å²) in [6, 6.07) is 0.149. The van der Waals surface area contributed by atoms with Gasteiger partial charge in [-0.25, -0.2) is 15.0 Å². The molecule has 0 spiro atoms.